The molecule has 0 aromatic carbocycles. The average Bonchev–Trinajstić information content (AvgIpc) is 2.99. The maximum atomic E-state index is 14.1. The van der Waals surface area contributed by atoms with Crippen LogP contribution >= 0.6 is 0 Å². The fraction of sp³-hybridized carbons (Fsp3) is 0.200. The van der Waals surface area contributed by atoms with E-state index < -0.39 is 23.9 Å². The van der Waals surface area contributed by atoms with Crippen LogP contribution in [0.5, 0.6) is 0 Å². The van der Waals surface area contributed by atoms with E-state index in [0.717, 1.165) is 11.0 Å². The second-order valence-corrected chi connectivity index (χ2v) is 5.57. The van der Waals surface area contributed by atoms with Crippen molar-refractivity contribution in [3.05, 3.63) is 42.0 Å². The molecular formula is C15H14F2N8O2. The summed E-state index contributed by atoms with van der Waals surface area (Å²) >= 11 is 0. The molecule has 0 fully saturated rings. The van der Waals surface area contributed by atoms with Gasteiger partial charge in [-0.05, 0) is 13.0 Å². The third kappa shape index (κ3) is 3.36. The van der Waals surface area contributed by atoms with Crippen molar-refractivity contribution in [2.45, 2.75) is 13.0 Å². The van der Waals surface area contributed by atoms with E-state index >= 15 is 0 Å². The van der Waals surface area contributed by atoms with Gasteiger partial charge in [-0.3, -0.25) is 4.90 Å². The molecule has 3 N–H and O–H groups in total. The minimum absolute atomic E-state index is 0.00210. The Bertz CT molecular complexity index is 992. The minimum Gasteiger partial charge on any atom is -0.465 e. The molecule has 27 heavy (non-hydrogen) atoms. The molecule has 1 atom stereocenters. The van der Waals surface area contributed by atoms with Gasteiger partial charge in [0.15, 0.2) is 11.5 Å². The zero-order chi connectivity index (χ0) is 19.7. The second kappa shape index (κ2) is 6.90. The highest BCUT2D eigenvalue weighted by molar-refractivity contribution is 5.90. The molecule has 0 aliphatic heterocycles. The summed E-state index contributed by atoms with van der Waals surface area (Å²) < 4.78 is 28.8. The van der Waals surface area contributed by atoms with E-state index in [4.69, 9.17) is 5.73 Å². The Morgan fingerprint density at radius 2 is 2.00 bits per heavy atom. The summed E-state index contributed by atoms with van der Waals surface area (Å²) in [6, 6.07) is -0.251. The number of rotatable bonds is 4. The highest BCUT2D eigenvalue weighted by Crippen LogP contribution is 2.33. The van der Waals surface area contributed by atoms with Crippen LogP contribution in [0.15, 0.2) is 24.7 Å². The van der Waals surface area contributed by atoms with Gasteiger partial charge in [-0.15, -0.1) is 5.10 Å². The van der Waals surface area contributed by atoms with Crippen molar-refractivity contribution in [1.29, 1.82) is 0 Å². The summed E-state index contributed by atoms with van der Waals surface area (Å²) in [5.74, 6) is -1.62. The van der Waals surface area contributed by atoms with E-state index in [2.05, 4.69) is 25.3 Å². The van der Waals surface area contributed by atoms with Gasteiger partial charge in [0.2, 0.25) is 5.95 Å². The number of carboxylic acid groups (broad SMARTS) is 1. The summed E-state index contributed by atoms with van der Waals surface area (Å²) in [6.07, 6.45) is 1.86. The Labute approximate surface area is 151 Å². The van der Waals surface area contributed by atoms with Crippen LogP contribution in [0.4, 0.5) is 25.2 Å². The first-order chi connectivity index (χ1) is 12.8. The van der Waals surface area contributed by atoms with E-state index in [1.165, 1.54) is 31.0 Å². The Morgan fingerprint density at radius 1 is 1.26 bits per heavy atom. The van der Waals surface area contributed by atoms with E-state index in [1.54, 1.807) is 0 Å². The molecule has 0 radical (unpaired) electrons. The van der Waals surface area contributed by atoms with Crippen molar-refractivity contribution in [1.82, 2.24) is 29.9 Å². The van der Waals surface area contributed by atoms with Crippen LogP contribution in [-0.2, 0) is 7.05 Å². The third-order valence-electron chi connectivity index (χ3n) is 3.82. The minimum atomic E-state index is -1.43. The van der Waals surface area contributed by atoms with E-state index in [9.17, 15) is 18.7 Å². The van der Waals surface area contributed by atoms with Crippen molar-refractivity contribution < 1.29 is 18.7 Å². The Morgan fingerprint density at radius 3 is 2.63 bits per heavy atom. The molecule has 3 aromatic rings. The predicted molar refractivity (Wildman–Crippen MR) is 89.5 cm³/mol. The molecule has 0 aliphatic carbocycles. The normalized spacial score (nSPS) is 12.0. The molecule has 1 amide bonds. The number of amides is 1. The molecule has 3 aromatic heterocycles. The molecule has 0 unspecified atom stereocenters. The number of aryl methyl sites for hydroxylation is 1. The average molecular weight is 376 g/mol. The first kappa shape index (κ1) is 18.1. The lowest BCUT2D eigenvalue weighted by Crippen LogP contribution is -2.34. The van der Waals surface area contributed by atoms with Crippen LogP contribution in [0.3, 0.4) is 0 Å². The van der Waals surface area contributed by atoms with Gasteiger partial charge in [0, 0.05) is 12.6 Å². The zero-order valence-electron chi connectivity index (χ0n) is 14.2. The number of aromatic nitrogens is 6. The molecule has 0 saturated heterocycles. The van der Waals surface area contributed by atoms with E-state index in [1.807, 2.05) is 0 Å². The van der Waals surface area contributed by atoms with Gasteiger partial charge in [0.25, 0.3) is 0 Å². The number of halogens is 2. The summed E-state index contributed by atoms with van der Waals surface area (Å²) in [4.78, 5) is 24.0. The summed E-state index contributed by atoms with van der Waals surface area (Å²) in [7, 11) is 1.46. The maximum absolute atomic E-state index is 14.1. The van der Waals surface area contributed by atoms with Crippen molar-refractivity contribution in [2.24, 2.45) is 7.05 Å². The number of hydrogen-bond acceptors (Lipinski definition) is 7. The Hall–Kier alpha value is -3.70. The van der Waals surface area contributed by atoms with Crippen LogP contribution in [0, 0.1) is 11.8 Å². The number of anilines is 2. The topological polar surface area (TPSA) is 136 Å². The number of nitrogen functional groups attached to an aromatic ring is 1. The standard InChI is InChI=1S/C15H14F2N8O2/c1-7(9-3-8(16)4-21-13(9)17)25(15(26)27)14-12(22-23-24(14)2)10-5-20-11(18)6-19-10/h3-7H,1-2H3,(H2,18,20)(H,26,27)/t7-/m1/s1. The molecule has 3 rings (SSSR count). The number of nitrogens with two attached hydrogens (primary N) is 1. The van der Waals surface area contributed by atoms with Crippen molar-refractivity contribution >= 4 is 17.7 Å². The van der Waals surface area contributed by atoms with Crippen LogP contribution in [0.25, 0.3) is 11.4 Å². The fourth-order valence-electron chi connectivity index (χ4n) is 2.56. The van der Waals surface area contributed by atoms with Gasteiger partial charge in [0.05, 0.1) is 24.6 Å². The summed E-state index contributed by atoms with van der Waals surface area (Å²) in [6.45, 7) is 1.39. The van der Waals surface area contributed by atoms with Crippen molar-refractivity contribution in [3.8, 4) is 11.4 Å². The van der Waals surface area contributed by atoms with Gasteiger partial charge >= 0.3 is 6.09 Å². The zero-order valence-corrected chi connectivity index (χ0v) is 14.2. The van der Waals surface area contributed by atoms with Crippen molar-refractivity contribution in [2.75, 3.05) is 10.6 Å². The molecule has 10 nitrogen and oxygen atoms in total. The lowest BCUT2D eigenvalue weighted by atomic mass is 10.1. The number of nitrogens with zero attached hydrogens (tertiary/aromatic N) is 7. The van der Waals surface area contributed by atoms with Crippen LogP contribution in [-0.4, -0.2) is 41.1 Å². The summed E-state index contributed by atoms with van der Waals surface area (Å²) in [5.41, 5.74) is 5.56. The van der Waals surface area contributed by atoms with Gasteiger partial charge in [-0.1, -0.05) is 5.21 Å². The lowest BCUT2D eigenvalue weighted by molar-refractivity contribution is 0.199. The molecular weight excluding hydrogens is 362 g/mol. The van der Waals surface area contributed by atoms with Gasteiger partial charge < -0.3 is 10.8 Å². The highest BCUT2D eigenvalue weighted by atomic mass is 19.1. The van der Waals surface area contributed by atoms with Crippen molar-refractivity contribution in [3.63, 3.8) is 0 Å². The molecule has 0 spiro atoms. The molecule has 140 valence electrons. The molecule has 0 bridgehead atoms. The predicted octanol–water partition coefficient (Wildman–Crippen LogP) is 1.77. The number of pyridine rings is 1. The highest BCUT2D eigenvalue weighted by Gasteiger charge is 2.32. The Kier molecular flexibility index (Phi) is 4.62. The van der Waals surface area contributed by atoms with Crippen LogP contribution in [0.2, 0.25) is 0 Å². The monoisotopic (exact) mass is 376 g/mol. The smallest absolute Gasteiger partial charge is 0.413 e. The number of carbonyl (C=O) groups is 1. The van der Waals surface area contributed by atoms with Crippen LogP contribution < -0.4 is 10.6 Å². The van der Waals surface area contributed by atoms with Gasteiger partial charge in [0.1, 0.15) is 17.3 Å². The fourth-order valence-corrected chi connectivity index (χ4v) is 2.56. The Balaban J connectivity index is 2.14. The first-order valence-corrected chi connectivity index (χ1v) is 7.60. The third-order valence-corrected chi connectivity index (χ3v) is 3.82. The quantitative estimate of drug-likeness (QED) is 0.658. The number of hydrogen-bond donors (Lipinski definition) is 2. The molecule has 0 saturated carbocycles. The van der Waals surface area contributed by atoms with Crippen LogP contribution in [0.1, 0.15) is 18.5 Å². The molecule has 3 heterocycles. The molecule has 12 heteroatoms. The SMILES string of the molecule is C[C@H](c1cc(F)cnc1F)N(C(=O)O)c1c(-c2cnc(N)cn2)nnn1C. The maximum Gasteiger partial charge on any atom is 0.413 e. The summed E-state index contributed by atoms with van der Waals surface area (Å²) in [5, 5.41) is 17.5. The second-order valence-electron chi connectivity index (χ2n) is 5.57. The van der Waals surface area contributed by atoms with Gasteiger partial charge in [-0.25, -0.2) is 28.8 Å². The van der Waals surface area contributed by atoms with E-state index in [0.29, 0.717) is 6.20 Å². The largest absolute Gasteiger partial charge is 0.465 e. The van der Waals surface area contributed by atoms with E-state index in [-0.39, 0.29) is 28.6 Å². The molecule has 0 aliphatic rings. The lowest BCUT2D eigenvalue weighted by Gasteiger charge is -2.26. The first-order valence-electron chi connectivity index (χ1n) is 7.60. The van der Waals surface area contributed by atoms with Gasteiger partial charge in [-0.2, -0.15) is 4.39 Å².